The first-order chi connectivity index (χ1) is 17.0. The zero-order valence-corrected chi connectivity index (χ0v) is 20.7. The number of hydrogen-bond acceptors (Lipinski definition) is 6. The predicted octanol–water partition coefficient (Wildman–Crippen LogP) is 3.94. The van der Waals surface area contributed by atoms with Crippen LogP contribution in [-0.4, -0.2) is 44.0 Å². The van der Waals surface area contributed by atoms with Gasteiger partial charge in [0.15, 0.2) is 11.5 Å². The van der Waals surface area contributed by atoms with E-state index >= 15 is 0 Å². The zero-order chi connectivity index (χ0) is 24.5. The van der Waals surface area contributed by atoms with Crippen LogP contribution in [-0.2, 0) is 24.1 Å². The molecule has 8 heteroatoms. The molecule has 0 saturated carbocycles. The van der Waals surface area contributed by atoms with Crippen LogP contribution in [0.4, 0.5) is 5.00 Å². The summed E-state index contributed by atoms with van der Waals surface area (Å²) in [4.78, 5) is 28.7. The van der Waals surface area contributed by atoms with E-state index in [1.165, 1.54) is 16.9 Å². The number of nitrogens with zero attached hydrogens (tertiary/aromatic N) is 1. The molecule has 0 radical (unpaired) electrons. The van der Waals surface area contributed by atoms with Gasteiger partial charge in [-0.15, -0.1) is 11.3 Å². The lowest BCUT2D eigenvalue weighted by Gasteiger charge is -2.37. The van der Waals surface area contributed by atoms with Crippen LogP contribution >= 0.6 is 11.3 Å². The SMILES string of the molecule is COc1cc2c(cc1OC)C(c1ccccc1)N(CC(=O)Nc1sc3c(c1C(N)=O)CCC3)CC2. The Morgan fingerprint density at radius 2 is 1.83 bits per heavy atom. The van der Waals surface area contributed by atoms with Crippen LogP contribution in [0.15, 0.2) is 42.5 Å². The van der Waals surface area contributed by atoms with Crippen molar-refractivity contribution in [3.05, 3.63) is 75.2 Å². The predicted molar refractivity (Wildman–Crippen MR) is 137 cm³/mol. The molecule has 1 aliphatic carbocycles. The number of anilines is 1. The number of methoxy groups -OCH3 is 2. The molecule has 2 amide bonds. The van der Waals surface area contributed by atoms with Gasteiger partial charge in [-0.25, -0.2) is 0 Å². The smallest absolute Gasteiger partial charge is 0.251 e. The highest BCUT2D eigenvalue weighted by atomic mass is 32.1. The molecule has 1 unspecified atom stereocenters. The average Bonchev–Trinajstić information content (AvgIpc) is 3.44. The molecule has 2 heterocycles. The highest BCUT2D eigenvalue weighted by molar-refractivity contribution is 7.17. The van der Waals surface area contributed by atoms with E-state index in [4.69, 9.17) is 15.2 Å². The summed E-state index contributed by atoms with van der Waals surface area (Å²) in [5.74, 6) is 0.735. The van der Waals surface area contributed by atoms with Gasteiger partial charge in [-0.3, -0.25) is 14.5 Å². The van der Waals surface area contributed by atoms with Crippen LogP contribution in [0.1, 0.15) is 50.0 Å². The van der Waals surface area contributed by atoms with Crippen molar-refractivity contribution in [2.45, 2.75) is 31.7 Å². The first-order valence-corrected chi connectivity index (χ1v) is 12.6. The van der Waals surface area contributed by atoms with Gasteiger partial charge in [0.05, 0.1) is 32.4 Å². The Morgan fingerprint density at radius 3 is 2.54 bits per heavy atom. The van der Waals surface area contributed by atoms with Gasteiger partial charge in [-0.1, -0.05) is 30.3 Å². The Kier molecular flexibility index (Phi) is 6.49. The number of hydrogen-bond donors (Lipinski definition) is 2. The summed E-state index contributed by atoms with van der Waals surface area (Å²) in [6, 6.07) is 14.1. The highest BCUT2D eigenvalue weighted by Gasteiger charge is 2.32. The lowest BCUT2D eigenvalue weighted by atomic mass is 9.87. The van der Waals surface area contributed by atoms with Crippen molar-refractivity contribution in [1.82, 2.24) is 4.90 Å². The lowest BCUT2D eigenvalue weighted by Crippen LogP contribution is -2.41. The molecule has 2 aromatic carbocycles. The van der Waals surface area contributed by atoms with Gasteiger partial charge in [0, 0.05) is 11.4 Å². The summed E-state index contributed by atoms with van der Waals surface area (Å²) in [6.07, 6.45) is 3.58. The molecule has 1 atom stereocenters. The minimum atomic E-state index is -0.477. The number of ether oxygens (including phenoxy) is 2. The number of aryl methyl sites for hydroxylation is 1. The van der Waals surface area contributed by atoms with Crippen LogP contribution < -0.4 is 20.5 Å². The Labute approximate surface area is 208 Å². The maximum Gasteiger partial charge on any atom is 0.251 e. The first-order valence-electron chi connectivity index (χ1n) is 11.8. The normalized spacial score (nSPS) is 16.9. The fourth-order valence-corrected chi connectivity index (χ4v) is 6.61. The van der Waals surface area contributed by atoms with Gasteiger partial charge in [-0.05, 0) is 60.1 Å². The van der Waals surface area contributed by atoms with Gasteiger partial charge in [0.2, 0.25) is 5.91 Å². The Morgan fingerprint density at radius 1 is 1.09 bits per heavy atom. The maximum absolute atomic E-state index is 13.3. The van der Waals surface area contributed by atoms with Crippen molar-refractivity contribution in [2.24, 2.45) is 5.73 Å². The fourth-order valence-electron chi connectivity index (χ4n) is 5.30. The minimum absolute atomic E-state index is 0.116. The fraction of sp³-hybridized carbons (Fsp3) is 0.333. The van der Waals surface area contributed by atoms with Crippen LogP contribution in [0.3, 0.4) is 0 Å². The second-order valence-electron chi connectivity index (χ2n) is 8.91. The van der Waals surface area contributed by atoms with Crippen LogP contribution in [0, 0.1) is 0 Å². The number of fused-ring (bicyclic) bond motifs is 2. The quantitative estimate of drug-likeness (QED) is 0.522. The third-order valence-electron chi connectivity index (χ3n) is 6.86. The minimum Gasteiger partial charge on any atom is -0.493 e. The molecule has 2 aliphatic rings. The molecule has 3 aromatic rings. The van der Waals surface area contributed by atoms with E-state index in [9.17, 15) is 9.59 Å². The molecule has 0 saturated heterocycles. The van der Waals surface area contributed by atoms with Gasteiger partial charge >= 0.3 is 0 Å². The molecule has 0 fully saturated rings. The number of amides is 2. The molecule has 5 rings (SSSR count). The van der Waals surface area contributed by atoms with Crippen molar-refractivity contribution >= 4 is 28.2 Å². The van der Waals surface area contributed by atoms with Crippen molar-refractivity contribution < 1.29 is 19.1 Å². The van der Waals surface area contributed by atoms with E-state index < -0.39 is 5.91 Å². The number of thiophene rings is 1. The van der Waals surface area contributed by atoms with Crippen LogP contribution in [0.5, 0.6) is 11.5 Å². The lowest BCUT2D eigenvalue weighted by molar-refractivity contribution is -0.117. The highest BCUT2D eigenvalue weighted by Crippen LogP contribution is 2.42. The zero-order valence-electron chi connectivity index (χ0n) is 19.9. The molecular formula is C27H29N3O4S. The molecule has 182 valence electrons. The Hall–Kier alpha value is -3.36. The van der Waals surface area contributed by atoms with Gasteiger partial charge in [0.1, 0.15) is 5.00 Å². The molecule has 35 heavy (non-hydrogen) atoms. The number of carbonyl (C=O) groups is 2. The maximum atomic E-state index is 13.3. The van der Waals surface area contributed by atoms with Crippen LogP contribution in [0.2, 0.25) is 0 Å². The second-order valence-corrected chi connectivity index (χ2v) is 10.0. The van der Waals surface area contributed by atoms with Crippen molar-refractivity contribution in [3.63, 3.8) is 0 Å². The van der Waals surface area contributed by atoms with E-state index in [0.29, 0.717) is 28.6 Å². The molecule has 1 aliphatic heterocycles. The standard InChI is InChI=1S/C27H29N3O4S/c1-33-20-13-17-11-12-30(25(16-7-4-3-5-8-16)19(17)14-21(20)34-2)15-23(31)29-27-24(26(28)32)18-9-6-10-22(18)35-27/h3-5,7-8,13-14,25H,6,9-12,15H2,1-2H3,(H2,28,32)(H,29,31). The molecule has 3 N–H and O–H groups in total. The number of nitrogens with two attached hydrogens (primary N) is 1. The Bertz CT molecular complexity index is 1270. The number of nitrogens with one attached hydrogen (secondary N) is 1. The Balaban J connectivity index is 1.45. The molecule has 0 spiro atoms. The topological polar surface area (TPSA) is 93.9 Å². The van der Waals surface area contributed by atoms with E-state index in [-0.39, 0.29) is 18.5 Å². The number of rotatable bonds is 7. The van der Waals surface area contributed by atoms with Gasteiger partial charge in [0.25, 0.3) is 5.91 Å². The van der Waals surface area contributed by atoms with E-state index in [1.807, 2.05) is 30.3 Å². The van der Waals surface area contributed by atoms with E-state index in [2.05, 4.69) is 22.3 Å². The second kappa shape index (κ2) is 9.71. The monoisotopic (exact) mass is 491 g/mol. The third kappa shape index (κ3) is 4.39. The third-order valence-corrected chi connectivity index (χ3v) is 8.06. The van der Waals surface area contributed by atoms with Gasteiger partial charge < -0.3 is 20.5 Å². The molecule has 7 nitrogen and oxygen atoms in total. The largest absolute Gasteiger partial charge is 0.493 e. The molecular weight excluding hydrogens is 462 g/mol. The summed E-state index contributed by atoms with van der Waals surface area (Å²) >= 11 is 1.48. The number of benzene rings is 2. The summed E-state index contributed by atoms with van der Waals surface area (Å²) in [6.45, 7) is 0.896. The van der Waals surface area contributed by atoms with E-state index in [0.717, 1.165) is 47.3 Å². The van der Waals surface area contributed by atoms with Crippen molar-refractivity contribution in [3.8, 4) is 11.5 Å². The summed E-state index contributed by atoms with van der Waals surface area (Å²) in [5, 5.41) is 3.57. The number of carbonyl (C=O) groups excluding carboxylic acids is 2. The summed E-state index contributed by atoms with van der Waals surface area (Å²) in [5.41, 5.74) is 10.5. The molecule has 1 aromatic heterocycles. The van der Waals surface area contributed by atoms with Crippen molar-refractivity contribution in [1.29, 1.82) is 0 Å². The number of primary amides is 1. The summed E-state index contributed by atoms with van der Waals surface area (Å²) < 4.78 is 11.1. The summed E-state index contributed by atoms with van der Waals surface area (Å²) in [7, 11) is 3.27. The van der Waals surface area contributed by atoms with E-state index in [1.54, 1.807) is 14.2 Å². The average molecular weight is 492 g/mol. The van der Waals surface area contributed by atoms with Crippen LogP contribution in [0.25, 0.3) is 0 Å². The van der Waals surface area contributed by atoms with Crippen molar-refractivity contribution in [2.75, 3.05) is 32.6 Å². The van der Waals surface area contributed by atoms with Gasteiger partial charge in [-0.2, -0.15) is 0 Å². The molecule has 0 bridgehead atoms. The first kappa shape index (κ1) is 23.4.